The molecule has 0 spiro atoms. The Morgan fingerprint density at radius 1 is 1.54 bits per heavy atom. The van der Waals surface area contributed by atoms with Gasteiger partial charge in [0.2, 0.25) is 10.0 Å². The Kier molecular flexibility index (Phi) is 3.63. The van der Waals surface area contributed by atoms with Crippen LogP contribution in [0.2, 0.25) is 0 Å². The minimum atomic E-state index is -3.08. The quantitative estimate of drug-likeness (QED) is 0.620. The number of rotatable bonds is 6. The molecule has 0 radical (unpaired) electrons. The second kappa shape index (κ2) is 4.34. The van der Waals surface area contributed by atoms with Gasteiger partial charge in [-0.2, -0.15) is 0 Å². The van der Waals surface area contributed by atoms with E-state index in [4.69, 9.17) is 5.73 Å². The van der Waals surface area contributed by atoms with Crippen LogP contribution in [0.15, 0.2) is 0 Å². The first kappa shape index (κ1) is 10.9. The van der Waals surface area contributed by atoms with Crippen LogP contribution in [0.25, 0.3) is 0 Å². The van der Waals surface area contributed by atoms with Crippen molar-refractivity contribution in [2.45, 2.75) is 19.3 Å². The molecule has 0 bridgehead atoms. The van der Waals surface area contributed by atoms with E-state index in [9.17, 15) is 8.42 Å². The molecular weight excluding hydrogens is 208 g/mol. The zero-order valence-corrected chi connectivity index (χ0v) is 8.96. The number of sulfonamides is 1. The third kappa shape index (κ3) is 5.17. The van der Waals surface area contributed by atoms with Crippen LogP contribution >= 0.6 is 12.2 Å². The van der Waals surface area contributed by atoms with Gasteiger partial charge in [0.15, 0.2) is 0 Å². The van der Waals surface area contributed by atoms with Gasteiger partial charge in [-0.25, -0.2) is 13.1 Å². The van der Waals surface area contributed by atoms with Crippen LogP contribution in [-0.2, 0) is 10.0 Å². The molecule has 0 aromatic carbocycles. The molecule has 76 valence electrons. The molecule has 0 aliphatic heterocycles. The summed E-state index contributed by atoms with van der Waals surface area (Å²) in [7, 11) is -3.08. The molecular formula is C7H14N2O2S2. The van der Waals surface area contributed by atoms with E-state index in [1.165, 1.54) is 0 Å². The zero-order chi connectivity index (χ0) is 9.90. The highest BCUT2D eigenvalue weighted by atomic mass is 32.2. The maximum absolute atomic E-state index is 11.3. The van der Waals surface area contributed by atoms with Gasteiger partial charge in [0.1, 0.15) is 0 Å². The van der Waals surface area contributed by atoms with Crippen molar-refractivity contribution in [2.24, 2.45) is 11.7 Å². The van der Waals surface area contributed by atoms with Crippen molar-refractivity contribution in [2.75, 3.05) is 12.3 Å². The monoisotopic (exact) mass is 222 g/mol. The smallest absolute Gasteiger partial charge is 0.211 e. The molecule has 0 saturated heterocycles. The molecule has 0 aromatic heterocycles. The van der Waals surface area contributed by atoms with Gasteiger partial charge in [0.25, 0.3) is 0 Å². The van der Waals surface area contributed by atoms with E-state index in [0.29, 0.717) is 23.9 Å². The Labute approximate surface area is 83.9 Å². The topological polar surface area (TPSA) is 72.2 Å². The second-order valence-corrected chi connectivity index (χ2v) is 5.71. The van der Waals surface area contributed by atoms with Crippen molar-refractivity contribution in [3.63, 3.8) is 0 Å². The molecule has 0 heterocycles. The zero-order valence-electron chi connectivity index (χ0n) is 7.32. The number of nitrogens with one attached hydrogen (secondary N) is 1. The van der Waals surface area contributed by atoms with Crippen LogP contribution in [0.3, 0.4) is 0 Å². The number of thiocarbonyl (C=S) groups is 1. The summed E-state index contributed by atoms with van der Waals surface area (Å²) in [6, 6.07) is 0. The minimum Gasteiger partial charge on any atom is -0.393 e. The molecule has 4 nitrogen and oxygen atoms in total. The lowest BCUT2D eigenvalue weighted by Crippen LogP contribution is -2.30. The fourth-order valence-electron chi connectivity index (χ4n) is 0.983. The molecule has 0 aromatic rings. The Morgan fingerprint density at radius 3 is 2.62 bits per heavy atom. The van der Waals surface area contributed by atoms with E-state index in [0.717, 1.165) is 12.8 Å². The predicted octanol–water partition coefficient (Wildman–Crippen LogP) is -0.00800. The Morgan fingerprint density at radius 2 is 2.15 bits per heavy atom. The highest BCUT2D eigenvalue weighted by Gasteiger charge is 2.27. The Hall–Kier alpha value is -0.200. The molecule has 1 fully saturated rings. The van der Waals surface area contributed by atoms with E-state index < -0.39 is 10.0 Å². The minimum absolute atomic E-state index is 0.254. The molecule has 3 N–H and O–H groups in total. The molecule has 1 aliphatic carbocycles. The normalized spacial score (nSPS) is 17.2. The standard InChI is InChI=1S/C7H14N2O2S2/c8-7(12)3-4-9-13(10,11)5-6-1-2-6/h6,9H,1-5H2,(H2,8,12). The molecule has 6 heteroatoms. The maximum Gasteiger partial charge on any atom is 0.211 e. The summed E-state index contributed by atoms with van der Waals surface area (Å²) in [6.45, 7) is 0.324. The lowest BCUT2D eigenvalue weighted by Gasteiger charge is -2.04. The first-order valence-corrected chi connectivity index (χ1v) is 6.31. The fraction of sp³-hybridized carbons (Fsp3) is 0.857. The van der Waals surface area contributed by atoms with Gasteiger partial charge in [0, 0.05) is 13.0 Å². The molecule has 0 amide bonds. The molecule has 0 atom stereocenters. The van der Waals surface area contributed by atoms with Crippen LogP contribution in [-0.4, -0.2) is 25.7 Å². The van der Waals surface area contributed by atoms with Crippen molar-refractivity contribution < 1.29 is 8.42 Å². The van der Waals surface area contributed by atoms with Crippen molar-refractivity contribution in [1.29, 1.82) is 0 Å². The van der Waals surface area contributed by atoms with Gasteiger partial charge in [-0.05, 0) is 18.8 Å². The Bertz CT molecular complexity index is 283. The highest BCUT2D eigenvalue weighted by Crippen LogP contribution is 2.29. The molecule has 1 saturated carbocycles. The van der Waals surface area contributed by atoms with Crippen molar-refractivity contribution in [3.05, 3.63) is 0 Å². The Balaban J connectivity index is 2.21. The summed E-state index contributed by atoms with van der Waals surface area (Å²) in [5, 5.41) is 0. The fourth-order valence-corrected chi connectivity index (χ4v) is 2.57. The van der Waals surface area contributed by atoms with Crippen LogP contribution in [0.1, 0.15) is 19.3 Å². The number of nitrogens with two attached hydrogens (primary N) is 1. The van der Waals surface area contributed by atoms with Gasteiger partial charge in [-0.1, -0.05) is 12.2 Å². The summed E-state index contributed by atoms with van der Waals surface area (Å²) < 4.78 is 25.0. The molecule has 0 unspecified atom stereocenters. The average molecular weight is 222 g/mol. The van der Waals surface area contributed by atoms with Gasteiger partial charge < -0.3 is 5.73 Å². The molecule has 13 heavy (non-hydrogen) atoms. The SMILES string of the molecule is NC(=S)CCNS(=O)(=O)CC1CC1. The van der Waals surface area contributed by atoms with Gasteiger partial charge in [-0.3, -0.25) is 0 Å². The van der Waals surface area contributed by atoms with Gasteiger partial charge >= 0.3 is 0 Å². The lowest BCUT2D eigenvalue weighted by molar-refractivity contribution is 0.579. The summed E-state index contributed by atoms with van der Waals surface area (Å²) in [6.07, 6.45) is 2.51. The molecule has 1 aliphatic rings. The lowest BCUT2D eigenvalue weighted by atomic mass is 10.4. The largest absolute Gasteiger partial charge is 0.393 e. The number of hydrogen-bond acceptors (Lipinski definition) is 3. The van der Waals surface area contributed by atoms with Crippen LogP contribution < -0.4 is 10.5 Å². The van der Waals surface area contributed by atoms with E-state index in [1.54, 1.807) is 0 Å². The van der Waals surface area contributed by atoms with E-state index in [2.05, 4.69) is 16.9 Å². The summed E-state index contributed by atoms with van der Waals surface area (Å²) in [5.41, 5.74) is 5.23. The number of hydrogen-bond donors (Lipinski definition) is 2. The summed E-state index contributed by atoms with van der Waals surface area (Å²) >= 11 is 4.63. The van der Waals surface area contributed by atoms with Crippen molar-refractivity contribution in [3.8, 4) is 0 Å². The highest BCUT2D eigenvalue weighted by molar-refractivity contribution is 7.89. The maximum atomic E-state index is 11.3. The third-order valence-corrected chi connectivity index (χ3v) is 3.60. The van der Waals surface area contributed by atoms with Crippen LogP contribution in [0.5, 0.6) is 0 Å². The van der Waals surface area contributed by atoms with Gasteiger partial charge in [0.05, 0.1) is 10.7 Å². The first-order valence-electron chi connectivity index (χ1n) is 4.25. The average Bonchev–Trinajstić information content (AvgIpc) is 2.68. The van der Waals surface area contributed by atoms with Crippen LogP contribution in [0.4, 0.5) is 0 Å². The summed E-state index contributed by atoms with van der Waals surface area (Å²) in [5.74, 6) is 0.631. The van der Waals surface area contributed by atoms with Gasteiger partial charge in [-0.15, -0.1) is 0 Å². The second-order valence-electron chi connectivity index (χ2n) is 3.34. The third-order valence-electron chi connectivity index (χ3n) is 1.85. The summed E-state index contributed by atoms with van der Waals surface area (Å²) in [4.78, 5) is 0.342. The van der Waals surface area contributed by atoms with E-state index in [1.807, 2.05) is 0 Å². The first-order chi connectivity index (χ1) is 5.99. The van der Waals surface area contributed by atoms with Crippen molar-refractivity contribution >= 4 is 27.2 Å². The molecule has 1 rings (SSSR count). The van der Waals surface area contributed by atoms with E-state index in [-0.39, 0.29) is 5.75 Å². The predicted molar refractivity (Wildman–Crippen MR) is 55.9 cm³/mol. The van der Waals surface area contributed by atoms with E-state index >= 15 is 0 Å². The van der Waals surface area contributed by atoms with Crippen molar-refractivity contribution in [1.82, 2.24) is 4.72 Å². The van der Waals surface area contributed by atoms with Crippen LogP contribution in [0, 0.1) is 5.92 Å².